The second-order valence-corrected chi connectivity index (χ2v) is 12.0. The number of esters is 1. The summed E-state index contributed by atoms with van der Waals surface area (Å²) in [6.45, 7) is 4.42. The zero-order valence-corrected chi connectivity index (χ0v) is 28.7. The highest BCUT2D eigenvalue weighted by molar-refractivity contribution is 5.69. The van der Waals surface area contributed by atoms with E-state index in [4.69, 9.17) is 9.84 Å². The third-order valence-electron chi connectivity index (χ3n) is 7.74. The van der Waals surface area contributed by atoms with Crippen LogP contribution in [0.4, 0.5) is 0 Å². The molecule has 4 nitrogen and oxygen atoms in total. The predicted octanol–water partition coefficient (Wildman–Crippen LogP) is 12.6. The molecule has 0 aromatic heterocycles. The Morgan fingerprint density at radius 3 is 1.61 bits per heavy atom. The molecule has 1 unspecified atom stereocenters. The summed E-state index contributed by atoms with van der Waals surface area (Å²) in [6.07, 6.45) is 48.1. The standard InChI is InChI=1S/C40H68O4/c1-3-5-7-9-11-13-15-17-19-21-23-26-30-34-38(35-31-27-25-28-32-36-39(41)42)44-40(43)37-33-29-24-22-20-18-16-14-12-10-8-6-4-2/h6,8,12,14,18,20-21,23-24,29,38H,3-5,7,9-11,13,15-17,19,22,25-28,30-37H2,1-2H3,(H,41,42)/b8-6-,14-12-,20-18-,23-21-,29-24-. The molecule has 0 heterocycles. The summed E-state index contributed by atoms with van der Waals surface area (Å²) in [4.78, 5) is 23.3. The van der Waals surface area contributed by atoms with Crippen LogP contribution >= 0.6 is 0 Å². The molecular formula is C40H68O4. The van der Waals surface area contributed by atoms with Crippen LogP contribution < -0.4 is 0 Å². The lowest BCUT2D eigenvalue weighted by molar-refractivity contribution is -0.149. The zero-order chi connectivity index (χ0) is 32.2. The third kappa shape index (κ3) is 34.1. The van der Waals surface area contributed by atoms with Crippen molar-refractivity contribution in [1.29, 1.82) is 0 Å². The van der Waals surface area contributed by atoms with Crippen molar-refractivity contribution in [2.45, 2.75) is 180 Å². The first-order valence-corrected chi connectivity index (χ1v) is 18.3. The van der Waals surface area contributed by atoms with Crippen molar-refractivity contribution in [3.8, 4) is 0 Å². The Balaban J connectivity index is 4.26. The van der Waals surface area contributed by atoms with Gasteiger partial charge in [0.05, 0.1) is 0 Å². The summed E-state index contributed by atoms with van der Waals surface area (Å²) in [5.41, 5.74) is 0. The predicted molar refractivity (Wildman–Crippen MR) is 190 cm³/mol. The highest BCUT2D eigenvalue weighted by Gasteiger charge is 2.13. The topological polar surface area (TPSA) is 63.6 Å². The molecule has 0 aromatic rings. The fraction of sp³-hybridized carbons (Fsp3) is 0.700. The van der Waals surface area contributed by atoms with E-state index in [2.05, 4.69) is 74.6 Å². The van der Waals surface area contributed by atoms with Crippen LogP contribution in [0.25, 0.3) is 0 Å². The normalized spacial score (nSPS) is 13.0. The molecule has 0 aromatic carbocycles. The van der Waals surface area contributed by atoms with Crippen LogP contribution in [0, 0.1) is 0 Å². The Morgan fingerprint density at radius 1 is 0.523 bits per heavy atom. The molecule has 0 saturated heterocycles. The largest absolute Gasteiger partial charge is 0.481 e. The van der Waals surface area contributed by atoms with Gasteiger partial charge in [-0.2, -0.15) is 0 Å². The first-order valence-electron chi connectivity index (χ1n) is 18.3. The molecule has 252 valence electrons. The van der Waals surface area contributed by atoms with Crippen LogP contribution in [0.15, 0.2) is 60.8 Å². The van der Waals surface area contributed by atoms with E-state index in [0.717, 1.165) is 83.5 Å². The van der Waals surface area contributed by atoms with Gasteiger partial charge >= 0.3 is 11.9 Å². The average Bonchev–Trinajstić information content (AvgIpc) is 3.00. The molecular weight excluding hydrogens is 544 g/mol. The molecule has 4 heteroatoms. The number of carbonyl (C=O) groups excluding carboxylic acids is 1. The van der Waals surface area contributed by atoms with E-state index in [9.17, 15) is 9.59 Å². The van der Waals surface area contributed by atoms with E-state index in [0.29, 0.717) is 12.8 Å². The molecule has 0 fully saturated rings. The lowest BCUT2D eigenvalue weighted by Gasteiger charge is -2.17. The molecule has 1 N–H and O–H groups in total. The Hall–Kier alpha value is -2.36. The van der Waals surface area contributed by atoms with Crippen LogP contribution in [0.1, 0.15) is 174 Å². The average molecular weight is 613 g/mol. The van der Waals surface area contributed by atoms with E-state index < -0.39 is 5.97 Å². The molecule has 0 aliphatic heterocycles. The summed E-state index contributed by atoms with van der Waals surface area (Å²) in [5.74, 6) is -0.807. The summed E-state index contributed by atoms with van der Waals surface area (Å²) in [6, 6.07) is 0. The van der Waals surface area contributed by atoms with Gasteiger partial charge in [-0.05, 0) is 83.5 Å². The summed E-state index contributed by atoms with van der Waals surface area (Å²) in [5, 5.41) is 8.80. The number of allylic oxidation sites excluding steroid dienone is 10. The first kappa shape index (κ1) is 41.6. The van der Waals surface area contributed by atoms with Crippen molar-refractivity contribution in [2.75, 3.05) is 0 Å². The van der Waals surface area contributed by atoms with Crippen LogP contribution in [0.2, 0.25) is 0 Å². The maximum Gasteiger partial charge on any atom is 0.306 e. The molecule has 0 spiro atoms. The summed E-state index contributed by atoms with van der Waals surface area (Å²) < 4.78 is 5.92. The molecule has 0 amide bonds. The van der Waals surface area contributed by atoms with Gasteiger partial charge in [-0.25, -0.2) is 0 Å². The number of carboxylic acid groups (broad SMARTS) is 1. The van der Waals surface area contributed by atoms with Gasteiger partial charge < -0.3 is 9.84 Å². The maximum absolute atomic E-state index is 12.6. The van der Waals surface area contributed by atoms with Crippen LogP contribution in [0.5, 0.6) is 0 Å². The first-order chi connectivity index (χ1) is 21.6. The van der Waals surface area contributed by atoms with Gasteiger partial charge in [-0.3, -0.25) is 9.59 Å². The number of hydrogen-bond donors (Lipinski definition) is 1. The monoisotopic (exact) mass is 613 g/mol. The second kappa shape index (κ2) is 35.1. The summed E-state index contributed by atoms with van der Waals surface area (Å²) in [7, 11) is 0. The van der Waals surface area contributed by atoms with Gasteiger partial charge in [0, 0.05) is 12.8 Å². The van der Waals surface area contributed by atoms with E-state index in [1.165, 1.54) is 57.8 Å². The van der Waals surface area contributed by atoms with Gasteiger partial charge in [-0.1, -0.05) is 139 Å². The van der Waals surface area contributed by atoms with Gasteiger partial charge in [-0.15, -0.1) is 0 Å². The quantitative estimate of drug-likeness (QED) is 0.0466. The molecule has 0 aliphatic carbocycles. The van der Waals surface area contributed by atoms with Crippen molar-refractivity contribution in [3.05, 3.63) is 60.8 Å². The Kier molecular flexibility index (Phi) is 33.2. The minimum Gasteiger partial charge on any atom is -0.481 e. The van der Waals surface area contributed by atoms with Crippen molar-refractivity contribution in [1.82, 2.24) is 0 Å². The molecule has 0 saturated carbocycles. The Labute approximate surface area is 272 Å². The zero-order valence-electron chi connectivity index (χ0n) is 28.7. The number of unbranched alkanes of at least 4 members (excludes halogenated alkanes) is 13. The SMILES string of the molecule is CC/C=C\C/C=C\C/C=C\C/C=C\CCC(=O)OC(CCC/C=C\CCCCCCCCCC)CCCCCCCC(=O)O. The van der Waals surface area contributed by atoms with Crippen molar-refractivity contribution in [3.63, 3.8) is 0 Å². The van der Waals surface area contributed by atoms with Crippen LogP contribution in [-0.2, 0) is 14.3 Å². The Morgan fingerprint density at radius 2 is 1.00 bits per heavy atom. The van der Waals surface area contributed by atoms with Crippen molar-refractivity contribution >= 4 is 11.9 Å². The molecule has 0 aliphatic rings. The fourth-order valence-corrected chi connectivity index (χ4v) is 5.08. The third-order valence-corrected chi connectivity index (χ3v) is 7.74. The molecule has 0 radical (unpaired) electrons. The van der Waals surface area contributed by atoms with E-state index in [1.54, 1.807) is 0 Å². The molecule has 0 bridgehead atoms. The van der Waals surface area contributed by atoms with Crippen LogP contribution in [-0.4, -0.2) is 23.1 Å². The summed E-state index contributed by atoms with van der Waals surface area (Å²) >= 11 is 0. The van der Waals surface area contributed by atoms with Gasteiger partial charge in [0.2, 0.25) is 0 Å². The molecule has 0 rings (SSSR count). The highest BCUT2D eigenvalue weighted by Crippen LogP contribution is 2.17. The number of aliphatic carboxylic acids is 1. The van der Waals surface area contributed by atoms with Gasteiger partial charge in [0.25, 0.3) is 0 Å². The van der Waals surface area contributed by atoms with Crippen molar-refractivity contribution in [2.24, 2.45) is 0 Å². The van der Waals surface area contributed by atoms with Crippen LogP contribution in [0.3, 0.4) is 0 Å². The molecule has 1 atom stereocenters. The number of ether oxygens (including phenoxy) is 1. The number of carbonyl (C=O) groups is 2. The van der Waals surface area contributed by atoms with E-state index in [1.807, 2.05) is 0 Å². The minimum absolute atomic E-state index is 0.0138. The Bertz CT molecular complexity index is 789. The van der Waals surface area contributed by atoms with Gasteiger partial charge in [0.15, 0.2) is 0 Å². The smallest absolute Gasteiger partial charge is 0.306 e. The lowest BCUT2D eigenvalue weighted by atomic mass is 10.0. The van der Waals surface area contributed by atoms with E-state index in [-0.39, 0.29) is 18.5 Å². The maximum atomic E-state index is 12.6. The second-order valence-electron chi connectivity index (χ2n) is 12.0. The lowest BCUT2D eigenvalue weighted by Crippen LogP contribution is -2.18. The fourth-order valence-electron chi connectivity index (χ4n) is 5.08. The highest BCUT2D eigenvalue weighted by atomic mass is 16.5. The number of hydrogen-bond acceptors (Lipinski definition) is 3. The number of carboxylic acids is 1. The molecule has 44 heavy (non-hydrogen) atoms. The van der Waals surface area contributed by atoms with E-state index >= 15 is 0 Å². The van der Waals surface area contributed by atoms with Crippen molar-refractivity contribution < 1.29 is 19.4 Å². The van der Waals surface area contributed by atoms with Gasteiger partial charge in [0.1, 0.15) is 6.10 Å². The number of rotatable bonds is 32. The minimum atomic E-state index is -0.714.